The Labute approximate surface area is 213 Å². The standard InChI is InChI=1S/C27H26N4O4S/c1-16-9-11-17(12-10-16)15-36-27-29-26(32)22-18-7-5-6-8-20(18)28-25(31(22)30-27)19-13-14-21(33-2)24(35-4)23(19)34-3/h5-14,25H,15H2,1-4H3,(H,29,30,32)/t25-/m0/s1. The number of hydrogen-bond donors (Lipinski definition) is 1. The molecule has 0 saturated heterocycles. The molecule has 0 fully saturated rings. The summed E-state index contributed by atoms with van der Waals surface area (Å²) in [5.41, 5.74) is 3.47. The second-order valence-corrected chi connectivity index (χ2v) is 9.23. The molecule has 0 bridgehead atoms. The number of aryl methyl sites for hydroxylation is 1. The van der Waals surface area contributed by atoms with Crippen molar-refractivity contribution >= 4 is 28.5 Å². The van der Waals surface area contributed by atoms with E-state index in [0.717, 1.165) is 10.8 Å². The number of amides is 1. The van der Waals surface area contributed by atoms with Crippen LogP contribution in [-0.4, -0.2) is 37.4 Å². The third-order valence-electron chi connectivity index (χ3n) is 6.02. The average molecular weight is 503 g/mol. The summed E-state index contributed by atoms with van der Waals surface area (Å²) in [5.74, 6) is 1.89. The van der Waals surface area contributed by atoms with E-state index in [0.29, 0.717) is 44.8 Å². The zero-order valence-corrected chi connectivity index (χ0v) is 21.3. The third-order valence-corrected chi connectivity index (χ3v) is 6.96. The quantitative estimate of drug-likeness (QED) is 0.558. The number of fused-ring (bicyclic) bond motifs is 2. The number of nitrogens with zero attached hydrogens (tertiary/aromatic N) is 3. The van der Waals surface area contributed by atoms with E-state index in [1.165, 1.54) is 17.3 Å². The van der Waals surface area contributed by atoms with Gasteiger partial charge in [0, 0.05) is 16.5 Å². The lowest BCUT2D eigenvalue weighted by Crippen LogP contribution is -2.50. The molecule has 36 heavy (non-hydrogen) atoms. The van der Waals surface area contributed by atoms with E-state index in [4.69, 9.17) is 24.3 Å². The van der Waals surface area contributed by atoms with Crippen LogP contribution < -0.4 is 30.1 Å². The van der Waals surface area contributed by atoms with Crippen molar-refractivity contribution in [3.63, 3.8) is 0 Å². The highest BCUT2D eigenvalue weighted by Gasteiger charge is 2.36. The van der Waals surface area contributed by atoms with Crippen molar-refractivity contribution in [2.75, 3.05) is 21.3 Å². The summed E-state index contributed by atoms with van der Waals surface area (Å²) < 4.78 is 16.8. The number of hydrogen-bond acceptors (Lipinski definition) is 8. The van der Waals surface area contributed by atoms with Gasteiger partial charge in [0.1, 0.15) is 5.70 Å². The fourth-order valence-corrected chi connectivity index (χ4v) is 5.07. The Balaban J connectivity index is 1.61. The van der Waals surface area contributed by atoms with Crippen LogP contribution in [0.2, 0.25) is 0 Å². The van der Waals surface area contributed by atoms with E-state index in [-0.39, 0.29) is 5.91 Å². The van der Waals surface area contributed by atoms with Crippen LogP contribution in [0, 0.1) is 6.92 Å². The van der Waals surface area contributed by atoms with E-state index >= 15 is 0 Å². The van der Waals surface area contributed by atoms with Crippen LogP contribution in [0.4, 0.5) is 0 Å². The molecule has 1 atom stereocenters. The summed E-state index contributed by atoms with van der Waals surface area (Å²) in [6, 6.07) is 19.5. The van der Waals surface area contributed by atoms with Gasteiger partial charge in [-0.05, 0) is 30.7 Å². The van der Waals surface area contributed by atoms with Gasteiger partial charge in [0.15, 0.2) is 22.8 Å². The predicted octanol–water partition coefficient (Wildman–Crippen LogP) is 3.10. The van der Waals surface area contributed by atoms with E-state index in [2.05, 4.69) is 36.5 Å². The third kappa shape index (κ3) is 4.26. The predicted molar refractivity (Wildman–Crippen MR) is 139 cm³/mol. The van der Waals surface area contributed by atoms with E-state index in [9.17, 15) is 4.79 Å². The summed E-state index contributed by atoms with van der Waals surface area (Å²) >= 11 is 1.46. The van der Waals surface area contributed by atoms with Crippen LogP contribution in [0.15, 0.2) is 70.8 Å². The first-order valence-electron chi connectivity index (χ1n) is 11.4. The molecule has 184 valence electrons. The molecule has 0 radical (unpaired) electrons. The maximum absolute atomic E-state index is 13.4. The first-order chi connectivity index (χ1) is 17.5. The largest absolute Gasteiger partial charge is 0.493 e. The van der Waals surface area contributed by atoms with Gasteiger partial charge in [-0.3, -0.25) is 15.1 Å². The van der Waals surface area contributed by atoms with Crippen molar-refractivity contribution in [3.8, 4) is 17.2 Å². The van der Waals surface area contributed by atoms with Crippen molar-refractivity contribution in [1.29, 1.82) is 0 Å². The highest BCUT2D eigenvalue weighted by atomic mass is 32.2. The van der Waals surface area contributed by atoms with Crippen LogP contribution in [0.5, 0.6) is 17.2 Å². The van der Waals surface area contributed by atoms with Crippen LogP contribution in [-0.2, 0) is 10.5 Å². The first-order valence-corrected chi connectivity index (χ1v) is 12.4. The molecule has 1 amide bonds. The molecule has 5 rings (SSSR count). The summed E-state index contributed by atoms with van der Waals surface area (Å²) in [7, 11) is 4.69. The molecule has 2 heterocycles. The Morgan fingerprint density at radius 1 is 0.944 bits per heavy atom. The number of benzene rings is 3. The Morgan fingerprint density at radius 2 is 1.69 bits per heavy atom. The van der Waals surface area contributed by atoms with Gasteiger partial charge < -0.3 is 14.2 Å². The number of ether oxygens (including phenoxy) is 3. The number of carbonyl (C=O) groups excluding carboxylic acids is 1. The number of hydrazone groups is 1. The zero-order valence-electron chi connectivity index (χ0n) is 20.4. The van der Waals surface area contributed by atoms with Gasteiger partial charge in [-0.1, -0.05) is 59.8 Å². The van der Waals surface area contributed by atoms with Crippen LogP contribution in [0.3, 0.4) is 0 Å². The molecule has 3 aromatic carbocycles. The van der Waals surface area contributed by atoms with Gasteiger partial charge in [0.2, 0.25) is 5.75 Å². The molecule has 2 aliphatic heterocycles. The minimum absolute atomic E-state index is 0.233. The smallest absolute Gasteiger partial charge is 0.276 e. The van der Waals surface area contributed by atoms with E-state index < -0.39 is 6.17 Å². The van der Waals surface area contributed by atoms with Crippen molar-refractivity contribution < 1.29 is 19.0 Å². The Hall–Kier alpha value is -3.98. The molecule has 8 nitrogen and oxygen atoms in total. The molecule has 0 aliphatic carbocycles. The summed E-state index contributed by atoms with van der Waals surface area (Å²) in [6.45, 7) is 2.06. The lowest BCUT2D eigenvalue weighted by Gasteiger charge is -2.34. The SMILES string of the molecule is COc1ccc([C@H]2N=c3ccccc3=C3C(=O)NC(SCc4ccc(C)cc4)=NN32)c(OC)c1OC. The highest BCUT2D eigenvalue weighted by Crippen LogP contribution is 2.45. The number of para-hydroxylation sites is 1. The number of carbonyl (C=O) groups is 1. The zero-order chi connectivity index (χ0) is 25.2. The summed E-state index contributed by atoms with van der Waals surface area (Å²) in [4.78, 5) is 18.4. The summed E-state index contributed by atoms with van der Waals surface area (Å²) in [5, 5.41) is 11.4. The molecule has 3 aromatic rings. The molecule has 0 aromatic heterocycles. The number of methoxy groups -OCH3 is 3. The molecular weight excluding hydrogens is 476 g/mol. The lowest BCUT2D eigenvalue weighted by atomic mass is 10.1. The van der Waals surface area contributed by atoms with Crippen molar-refractivity contribution in [1.82, 2.24) is 10.3 Å². The average Bonchev–Trinajstić information content (AvgIpc) is 2.91. The maximum atomic E-state index is 13.4. The minimum Gasteiger partial charge on any atom is -0.493 e. The lowest BCUT2D eigenvalue weighted by molar-refractivity contribution is -0.116. The second-order valence-electron chi connectivity index (χ2n) is 8.27. The normalized spacial score (nSPS) is 16.3. The molecule has 1 N–H and O–H groups in total. The van der Waals surface area contributed by atoms with Gasteiger partial charge >= 0.3 is 0 Å². The monoisotopic (exact) mass is 502 g/mol. The van der Waals surface area contributed by atoms with Gasteiger partial charge in [0.25, 0.3) is 5.91 Å². The first kappa shape index (κ1) is 23.7. The molecular formula is C27H26N4O4S. The highest BCUT2D eigenvalue weighted by molar-refractivity contribution is 8.13. The summed E-state index contributed by atoms with van der Waals surface area (Å²) in [6.07, 6.45) is -0.648. The van der Waals surface area contributed by atoms with Gasteiger partial charge in [-0.15, -0.1) is 5.10 Å². The molecule has 2 aliphatic rings. The van der Waals surface area contributed by atoms with Gasteiger partial charge in [-0.2, -0.15) is 0 Å². The fourth-order valence-electron chi connectivity index (χ4n) is 4.26. The van der Waals surface area contributed by atoms with Crippen molar-refractivity contribution in [3.05, 3.63) is 87.9 Å². The topological polar surface area (TPSA) is 84.8 Å². The van der Waals surface area contributed by atoms with Crippen LogP contribution in [0.1, 0.15) is 22.9 Å². The van der Waals surface area contributed by atoms with E-state index in [1.807, 2.05) is 30.3 Å². The van der Waals surface area contributed by atoms with Gasteiger partial charge in [0.05, 0.1) is 26.7 Å². The molecule has 9 heteroatoms. The number of thioether (sulfide) groups is 1. The molecule has 0 saturated carbocycles. The van der Waals surface area contributed by atoms with Gasteiger partial charge in [-0.25, -0.2) is 5.01 Å². The van der Waals surface area contributed by atoms with E-state index in [1.54, 1.807) is 32.4 Å². The fraction of sp³-hybridized carbons (Fsp3) is 0.222. The Bertz CT molecular complexity index is 1470. The Kier molecular flexibility index (Phi) is 6.56. The number of amidine groups is 1. The number of nitrogens with one attached hydrogen (secondary N) is 1. The number of rotatable bonds is 6. The van der Waals surface area contributed by atoms with Crippen LogP contribution in [0.25, 0.3) is 5.70 Å². The second kappa shape index (κ2) is 9.94. The minimum atomic E-state index is -0.648. The maximum Gasteiger partial charge on any atom is 0.276 e. The van der Waals surface area contributed by atoms with Crippen molar-refractivity contribution in [2.24, 2.45) is 10.1 Å². The molecule has 0 spiro atoms. The Morgan fingerprint density at radius 3 is 2.42 bits per heavy atom. The van der Waals surface area contributed by atoms with Crippen LogP contribution >= 0.6 is 11.8 Å². The van der Waals surface area contributed by atoms with Crippen molar-refractivity contribution in [2.45, 2.75) is 18.8 Å². The molecule has 0 unspecified atom stereocenters.